The largest absolute Gasteiger partial charge is 0.418 e. The third-order valence-electron chi connectivity index (χ3n) is 6.80. The van der Waals surface area contributed by atoms with Crippen LogP contribution in [-0.2, 0) is 11.0 Å². The van der Waals surface area contributed by atoms with Crippen molar-refractivity contribution in [3.05, 3.63) is 107 Å². The van der Waals surface area contributed by atoms with Crippen LogP contribution >= 0.6 is 12.2 Å². The first-order chi connectivity index (χ1) is 18.6. The molecule has 5 rings (SSSR count). The number of pyridine rings is 1. The third kappa shape index (κ3) is 4.99. The summed E-state index contributed by atoms with van der Waals surface area (Å²) < 4.78 is 43.5. The number of alkyl halides is 3. The van der Waals surface area contributed by atoms with Crippen LogP contribution in [0.1, 0.15) is 47.2 Å². The molecule has 0 saturated carbocycles. The van der Waals surface area contributed by atoms with E-state index in [-0.39, 0.29) is 17.6 Å². The maximum Gasteiger partial charge on any atom is 0.418 e. The Hall–Kier alpha value is -4.18. The van der Waals surface area contributed by atoms with E-state index < -0.39 is 17.8 Å². The summed E-state index contributed by atoms with van der Waals surface area (Å²) in [7, 11) is 0. The van der Waals surface area contributed by atoms with Gasteiger partial charge in [0.25, 0.3) is 0 Å². The number of rotatable bonds is 5. The smallest absolute Gasteiger partial charge is 0.351 e. The summed E-state index contributed by atoms with van der Waals surface area (Å²) in [4.78, 5) is 18.0. The predicted octanol–water partition coefficient (Wildman–Crippen LogP) is 6.64. The summed E-state index contributed by atoms with van der Waals surface area (Å²) in [5, 5.41) is 6.60. The van der Waals surface area contributed by atoms with Crippen LogP contribution in [0.4, 0.5) is 24.5 Å². The van der Waals surface area contributed by atoms with Crippen LogP contribution in [0, 0.1) is 13.8 Å². The molecule has 0 bridgehead atoms. The quantitative estimate of drug-likeness (QED) is 0.273. The van der Waals surface area contributed by atoms with Crippen molar-refractivity contribution in [1.29, 1.82) is 0 Å². The van der Waals surface area contributed by atoms with E-state index in [0.717, 1.165) is 23.0 Å². The average Bonchev–Trinajstić information content (AvgIpc) is 3.39. The standard InChI is InChI=1S/C29H26F3N5OS/c1-17-16-22(18(2)36(17)25-10-5-4-8-23(25)29(30,31)32)27-26(24-9-6-7-15-33-24)35-28(39)37(27)21-13-11-20(12-14-21)34-19(3)38/h4-16,26-27H,1-3H3,(H,34,38)(H,35,39). The molecule has 1 aliphatic rings. The van der Waals surface area contributed by atoms with Gasteiger partial charge >= 0.3 is 6.18 Å². The molecule has 3 heterocycles. The van der Waals surface area contributed by atoms with Gasteiger partial charge in [0.1, 0.15) is 0 Å². The van der Waals surface area contributed by atoms with E-state index in [0.29, 0.717) is 22.2 Å². The number of hydrogen-bond acceptors (Lipinski definition) is 3. The lowest BCUT2D eigenvalue weighted by atomic mass is 9.96. The highest BCUT2D eigenvalue weighted by Crippen LogP contribution is 2.44. The number of nitrogens with zero attached hydrogens (tertiary/aromatic N) is 3. The van der Waals surface area contributed by atoms with E-state index in [1.807, 2.05) is 48.2 Å². The molecule has 2 atom stereocenters. The van der Waals surface area contributed by atoms with Gasteiger partial charge in [-0.05, 0) is 86.2 Å². The minimum Gasteiger partial charge on any atom is -0.351 e. The molecular weight excluding hydrogens is 523 g/mol. The minimum atomic E-state index is -4.51. The Kier molecular flexibility index (Phi) is 6.90. The molecule has 4 aromatic rings. The molecule has 6 nitrogen and oxygen atoms in total. The molecule has 1 amide bonds. The predicted molar refractivity (Wildman–Crippen MR) is 149 cm³/mol. The van der Waals surface area contributed by atoms with Crippen molar-refractivity contribution < 1.29 is 18.0 Å². The molecule has 0 aliphatic carbocycles. The SMILES string of the molecule is CC(=O)Nc1ccc(N2C(=S)NC(c3ccccn3)C2c2cc(C)n(-c3ccccc3C(F)(F)F)c2C)cc1. The van der Waals surface area contributed by atoms with E-state index in [9.17, 15) is 18.0 Å². The first-order valence-corrected chi connectivity index (χ1v) is 12.7. The number of para-hydroxylation sites is 1. The molecule has 0 radical (unpaired) electrons. The van der Waals surface area contributed by atoms with Crippen LogP contribution in [0.15, 0.2) is 79.0 Å². The van der Waals surface area contributed by atoms with Crippen LogP contribution in [0.3, 0.4) is 0 Å². The van der Waals surface area contributed by atoms with Gasteiger partial charge in [-0.15, -0.1) is 0 Å². The van der Waals surface area contributed by atoms with Crippen LogP contribution in [0.2, 0.25) is 0 Å². The minimum absolute atomic E-state index is 0.0698. The average molecular weight is 550 g/mol. The highest BCUT2D eigenvalue weighted by atomic mass is 32.1. The van der Waals surface area contributed by atoms with Crippen molar-refractivity contribution >= 4 is 34.6 Å². The molecular formula is C29H26F3N5OS. The Balaban J connectivity index is 1.66. The van der Waals surface area contributed by atoms with E-state index in [1.165, 1.54) is 19.1 Å². The summed E-state index contributed by atoms with van der Waals surface area (Å²) in [6.07, 6.45) is -2.81. The van der Waals surface area contributed by atoms with E-state index in [1.54, 1.807) is 35.9 Å². The van der Waals surface area contributed by atoms with Gasteiger partial charge in [0.05, 0.1) is 29.0 Å². The van der Waals surface area contributed by atoms with Gasteiger partial charge in [-0.1, -0.05) is 18.2 Å². The summed E-state index contributed by atoms with van der Waals surface area (Å²) in [6.45, 7) is 5.06. The molecule has 1 fully saturated rings. The Morgan fingerprint density at radius 2 is 1.72 bits per heavy atom. The second kappa shape index (κ2) is 10.2. The fourth-order valence-electron chi connectivity index (χ4n) is 5.22. The number of halogens is 3. The number of hydrogen-bond donors (Lipinski definition) is 2. The highest BCUT2D eigenvalue weighted by molar-refractivity contribution is 7.80. The number of carbonyl (C=O) groups excluding carboxylic acids is 1. The molecule has 200 valence electrons. The molecule has 0 spiro atoms. The number of anilines is 2. The molecule has 10 heteroatoms. The van der Waals surface area contributed by atoms with Crippen molar-refractivity contribution in [3.63, 3.8) is 0 Å². The van der Waals surface area contributed by atoms with Gasteiger partial charge in [-0.3, -0.25) is 9.78 Å². The monoisotopic (exact) mass is 549 g/mol. The maximum absolute atomic E-state index is 14.0. The zero-order valence-electron chi connectivity index (χ0n) is 21.5. The van der Waals surface area contributed by atoms with E-state index in [4.69, 9.17) is 12.2 Å². The van der Waals surface area contributed by atoms with Crippen molar-refractivity contribution in [1.82, 2.24) is 14.9 Å². The first kappa shape index (κ1) is 26.4. The lowest BCUT2D eigenvalue weighted by molar-refractivity contribution is -0.137. The Labute approximate surface area is 229 Å². The molecule has 2 aromatic heterocycles. The summed E-state index contributed by atoms with van der Waals surface area (Å²) >= 11 is 5.79. The second-order valence-electron chi connectivity index (χ2n) is 9.40. The molecule has 2 unspecified atom stereocenters. The van der Waals surface area contributed by atoms with Gasteiger partial charge in [0, 0.05) is 35.9 Å². The van der Waals surface area contributed by atoms with Crippen molar-refractivity contribution in [2.24, 2.45) is 0 Å². The maximum atomic E-state index is 14.0. The summed E-state index contributed by atoms with van der Waals surface area (Å²) in [5.74, 6) is -0.180. The van der Waals surface area contributed by atoms with Gasteiger partial charge in [0.2, 0.25) is 5.91 Å². The normalized spacial score (nSPS) is 17.3. The van der Waals surface area contributed by atoms with Crippen molar-refractivity contribution in [2.75, 3.05) is 10.2 Å². The van der Waals surface area contributed by atoms with Crippen molar-refractivity contribution in [3.8, 4) is 5.69 Å². The number of aryl methyl sites for hydroxylation is 1. The number of carbonyl (C=O) groups is 1. The molecule has 39 heavy (non-hydrogen) atoms. The Morgan fingerprint density at radius 3 is 2.36 bits per heavy atom. The van der Waals surface area contributed by atoms with Crippen LogP contribution < -0.4 is 15.5 Å². The second-order valence-corrected chi connectivity index (χ2v) is 9.79. The van der Waals surface area contributed by atoms with Crippen LogP contribution in [0.5, 0.6) is 0 Å². The number of thiocarbonyl (C=S) groups is 1. The number of benzene rings is 2. The summed E-state index contributed by atoms with van der Waals surface area (Å²) in [6, 6.07) is 19.6. The number of amides is 1. The first-order valence-electron chi connectivity index (χ1n) is 12.3. The number of aromatic nitrogens is 2. The zero-order chi connectivity index (χ0) is 27.9. The lowest BCUT2D eigenvalue weighted by Gasteiger charge is -2.28. The molecule has 2 aromatic carbocycles. The van der Waals surface area contributed by atoms with E-state index >= 15 is 0 Å². The molecule has 1 saturated heterocycles. The lowest BCUT2D eigenvalue weighted by Crippen LogP contribution is -2.29. The van der Waals surface area contributed by atoms with Crippen molar-refractivity contribution in [2.45, 2.75) is 39.0 Å². The van der Waals surface area contributed by atoms with Crippen LogP contribution in [-0.4, -0.2) is 20.6 Å². The fourth-order valence-corrected chi connectivity index (χ4v) is 5.57. The fraction of sp³-hybridized carbons (Fsp3) is 0.207. The topological polar surface area (TPSA) is 62.2 Å². The van der Waals surface area contributed by atoms with Crippen LogP contribution in [0.25, 0.3) is 5.69 Å². The number of nitrogens with one attached hydrogen (secondary N) is 2. The molecule has 1 aliphatic heterocycles. The van der Waals surface area contributed by atoms with E-state index in [2.05, 4.69) is 15.6 Å². The van der Waals surface area contributed by atoms with Gasteiger partial charge < -0.3 is 20.1 Å². The summed E-state index contributed by atoms with van der Waals surface area (Å²) in [5.41, 5.74) is 3.68. The Bertz CT molecular complexity index is 1530. The zero-order valence-corrected chi connectivity index (χ0v) is 22.3. The van der Waals surface area contributed by atoms with Gasteiger partial charge in [-0.25, -0.2) is 0 Å². The van der Waals surface area contributed by atoms with Gasteiger partial charge in [0.15, 0.2) is 5.11 Å². The third-order valence-corrected chi connectivity index (χ3v) is 7.12. The molecule has 2 N–H and O–H groups in total. The Morgan fingerprint density at radius 1 is 1.03 bits per heavy atom. The highest BCUT2D eigenvalue weighted by Gasteiger charge is 2.43. The van der Waals surface area contributed by atoms with Gasteiger partial charge in [-0.2, -0.15) is 13.2 Å².